The van der Waals surface area contributed by atoms with E-state index >= 15 is 0 Å². The molecule has 1 nitrogen and oxygen atoms in total. The van der Waals surface area contributed by atoms with Crippen LogP contribution in [-0.4, -0.2) is 12.7 Å². The Morgan fingerprint density at radius 3 is 2.93 bits per heavy atom. The third kappa shape index (κ3) is 2.08. The van der Waals surface area contributed by atoms with Gasteiger partial charge in [0.05, 0.1) is 10.9 Å². The Morgan fingerprint density at radius 2 is 2.43 bits per heavy atom. The van der Waals surface area contributed by atoms with Crippen molar-refractivity contribution in [2.45, 2.75) is 24.3 Å². The molecule has 0 radical (unpaired) electrons. The molecule has 0 aromatic carbocycles. The van der Waals surface area contributed by atoms with Crippen LogP contribution in [-0.2, 0) is 4.74 Å². The van der Waals surface area contributed by atoms with Gasteiger partial charge in [-0.15, -0.1) is 11.3 Å². The van der Waals surface area contributed by atoms with Crippen molar-refractivity contribution in [3.63, 3.8) is 0 Å². The predicted octanol–water partition coefficient (Wildman–Crippen LogP) is 4.37. The van der Waals surface area contributed by atoms with Crippen LogP contribution in [0.15, 0.2) is 15.9 Å². The minimum absolute atomic E-state index is 0.369. The van der Waals surface area contributed by atoms with Gasteiger partial charge in [0.2, 0.25) is 0 Å². The van der Waals surface area contributed by atoms with E-state index in [0.717, 1.165) is 13.0 Å². The van der Waals surface area contributed by atoms with Crippen LogP contribution in [0.2, 0.25) is 0 Å². The Bertz CT molecular complexity index is 313. The maximum Gasteiger partial charge on any atom is 0.0590 e. The average Bonchev–Trinajstić information content (AvgIpc) is 2.73. The standard InChI is InChI=1S/C10H12Br2OS/c1-6-7(2-4-13-6)9(12)10-8(11)3-5-14-10/h3,5-7,9H,2,4H2,1H3. The quantitative estimate of drug-likeness (QED) is 0.727. The van der Waals surface area contributed by atoms with Gasteiger partial charge < -0.3 is 4.74 Å². The van der Waals surface area contributed by atoms with E-state index < -0.39 is 0 Å². The highest BCUT2D eigenvalue weighted by Gasteiger charge is 2.32. The summed E-state index contributed by atoms with van der Waals surface area (Å²) >= 11 is 9.15. The molecule has 1 aliphatic rings. The van der Waals surface area contributed by atoms with Crippen LogP contribution in [0.1, 0.15) is 23.0 Å². The molecule has 0 saturated carbocycles. The zero-order chi connectivity index (χ0) is 10.1. The van der Waals surface area contributed by atoms with Crippen molar-refractivity contribution in [3.8, 4) is 0 Å². The van der Waals surface area contributed by atoms with Gasteiger partial charge in [-0.2, -0.15) is 0 Å². The highest BCUT2D eigenvalue weighted by Crippen LogP contribution is 2.44. The summed E-state index contributed by atoms with van der Waals surface area (Å²) in [7, 11) is 0. The molecule has 0 amide bonds. The van der Waals surface area contributed by atoms with Crippen molar-refractivity contribution in [1.29, 1.82) is 0 Å². The molecule has 0 N–H and O–H groups in total. The van der Waals surface area contributed by atoms with Crippen molar-refractivity contribution < 1.29 is 4.74 Å². The largest absolute Gasteiger partial charge is 0.378 e. The molecule has 1 fully saturated rings. The normalized spacial score (nSPS) is 29.4. The summed E-state index contributed by atoms with van der Waals surface area (Å²) in [4.78, 5) is 1.81. The first-order valence-corrected chi connectivity index (χ1v) is 7.27. The molecule has 4 heteroatoms. The van der Waals surface area contributed by atoms with E-state index in [4.69, 9.17) is 4.74 Å². The summed E-state index contributed by atoms with van der Waals surface area (Å²) in [5.41, 5.74) is 0. The second-order valence-corrected chi connectivity index (χ2v) is 6.35. The molecule has 3 atom stereocenters. The van der Waals surface area contributed by atoms with Crippen LogP contribution >= 0.6 is 43.2 Å². The topological polar surface area (TPSA) is 9.23 Å². The second kappa shape index (κ2) is 4.64. The lowest BCUT2D eigenvalue weighted by molar-refractivity contribution is 0.106. The lowest BCUT2D eigenvalue weighted by Gasteiger charge is -2.19. The van der Waals surface area contributed by atoms with Crippen molar-refractivity contribution in [2.24, 2.45) is 5.92 Å². The minimum Gasteiger partial charge on any atom is -0.378 e. The molecule has 1 aromatic heterocycles. The van der Waals surface area contributed by atoms with Gasteiger partial charge >= 0.3 is 0 Å². The molecule has 1 aliphatic heterocycles. The Balaban J connectivity index is 2.15. The molecular weight excluding hydrogens is 328 g/mol. The summed E-state index contributed by atoms with van der Waals surface area (Å²) in [6, 6.07) is 2.11. The number of thiophene rings is 1. The fourth-order valence-corrected chi connectivity index (χ4v) is 5.07. The summed E-state index contributed by atoms with van der Waals surface area (Å²) in [5, 5.41) is 2.12. The first-order chi connectivity index (χ1) is 6.70. The Labute approximate surface area is 105 Å². The van der Waals surface area contributed by atoms with Crippen LogP contribution in [0.25, 0.3) is 0 Å². The van der Waals surface area contributed by atoms with Crippen molar-refractivity contribution >= 4 is 43.2 Å². The summed E-state index contributed by atoms with van der Waals surface area (Å²) < 4.78 is 6.80. The lowest BCUT2D eigenvalue weighted by Crippen LogP contribution is -2.15. The fourth-order valence-electron chi connectivity index (χ4n) is 1.83. The number of halogens is 2. The molecule has 2 heterocycles. The second-order valence-electron chi connectivity index (χ2n) is 3.56. The lowest BCUT2D eigenvalue weighted by atomic mass is 9.98. The van der Waals surface area contributed by atoms with E-state index in [1.165, 1.54) is 9.35 Å². The maximum atomic E-state index is 5.58. The van der Waals surface area contributed by atoms with Gasteiger partial charge in [-0.3, -0.25) is 0 Å². The highest BCUT2D eigenvalue weighted by molar-refractivity contribution is 9.11. The molecule has 1 saturated heterocycles. The van der Waals surface area contributed by atoms with Gasteiger partial charge in [0.1, 0.15) is 0 Å². The van der Waals surface area contributed by atoms with E-state index in [2.05, 4.69) is 50.2 Å². The molecule has 0 spiro atoms. The van der Waals surface area contributed by atoms with E-state index in [9.17, 15) is 0 Å². The first kappa shape index (κ1) is 11.1. The third-order valence-electron chi connectivity index (χ3n) is 2.71. The molecule has 0 aliphatic carbocycles. The predicted molar refractivity (Wildman–Crippen MR) is 67.2 cm³/mol. The molecule has 14 heavy (non-hydrogen) atoms. The molecular formula is C10H12Br2OS. The Morgan fingerprint density at radius 1 is 1.64 bits per heavy atom. The molecule has 78 valence electrons. The average molecular weight is 340 g/mol. The number of rotatable bonds is 2. The molecule has 1 aromatic rings. The summed E-state index contributed by atoms with van der Waals surface area (Å²) in [6.07, 6.45) is 1.52. The van der Waals surface area contributed by atoms with Gasteiger partial charge in [0, 0.05) is 21.9 Å². The van der Waals surface area contributed by atoms with Crippen LogP contribution in [0, 0.1) is 5.92 Å². The minimum atomic E-state index is 0.369. The Kier molecular flexibility index (Phi) is 3.68. The number of hydrogen-bond donors (Lipinski definition) is 0. The van der Waals surface area contributed by atoms with Gasteiger partial charge in [-0.05, 0) is 40.7 Å². The van der Waals surface area contributed by atoms with E-state index in [0.29, 0.717) is 16.8 Å². The van der Waals surface area contributed by atoms with E-state index in [-0.39, 0.29) is 0 Å². The van der Waals surface area contributed by atoms with Crippen LogP contribution in [0.4, 0.5) is 0 Å². The Hall–Kier alpha value is 0.620. The zero-order valence-corrected chi connectivity index (χ0v) is 11.9. The molecule has 0 bridgehead atoms. The van der Waals surface area contributed by atoms with Gasteiger partial charge in [0.25, 0.3) is 0 Å². The van der Waals surface area contributed by atoms with Crippen molar-refractivity contribution in [2.75, 3.05) is 6.61 Å². The SMILES string of the molecule is CC1OCCC1C(Br)c1sccc1Br. The number of hydrogen-bond acceptors (Lipinski definition) is 2. The highest BCUT2D eigenvalue weighted by atomic mass is 79.9. The van der Waals surface area contributed by atoms with Gasteiger partial charge in [-0.1, -0.05) is 15.9 Å². The third-order valence-corrected chi connectivity index (χ3v) is 6.10. The van der Waals surface area contributed by atoms with E-state index in [1.807, 2.05) is 0 Å². The smallest absolute Gasteiger partial charge is 0.0590 e. The fraction of sp³-hybridized carbons (Fsp3) is 0.600. The molecule has 3 unspecified atom stereocenters. The summed E-state index contributed by atoms with van der Waals surface area (Å²) in [6.45, 7) is 3.06. The van der Waals surface area contributed by atoms with Gasteiger partial charge in [-0.25, -0.2) is 0 Å². The van der Waals surface area contributed by atoms with Crippen LogP contribution in [0.5, 0.6) is 0 Å². The van der Waals surface area contributed by atoms with E-state index in [1.54, 1.807) is 11.3 Å². The van der Waals surface area contributed by atoms with Crippen LogP contribution in [0.3, 0.4) is 0 Å². The first-order valence-electron chi connectivity index (χ1n) is 4.68. The van der Waals surface area contributed by atoms with Crippen molar-refractivity contribution in [3.05, 3.63) is 20.8 Å². The van der Waals surface area contributed by atoms with Crippen molar-refractivity contribution in [1.82, 2.24) is 0 Å². The zero-order valence-electron chi connectivity index (χ0n) is 7.87. The van der Waals surface area contributed by atoms with Crippen LogP contribution < -0.4 is 0 Å². The maximum absolute atomic E-state index is 5.58. The monoisotopic (exact) mass is 338 g/mol. The van der Waals surface area contributed by atoms with Gasteiger partial charge in [0.15, 0.2) is 0 Å². The molecule has 2 rings (SSSR count). The summed E-state index contributed by atoms with van der Waals surface area (Å²) in [5.74, 6) is 0.602. The number of ether oxygens (including phenoxy) is 1. The number of alkyl halides is 1.